The summed E-state index contributed by atoms with van der Waals surface area (Å²) in [5, 5.41) is 8.33. The van der Waals surface area contributed by atoms with E-state index in [2.05, 4.69) is 0 Å². The molecule has 0 aromatic heterocycles. The summed E-state index contributed by atoms with van der Waals surface area (Å²) in [4.78, 5) is 20.0. The molecule has 0 atom stereocenters. The number of amides is 1. The first-order chi connectivity index (χ1) is 4.72. The van der Waals surface area contributed by atoms with Crippen molar-refractivity contribution in [3.63, 3.8) is 0 Å². The fraction of sp³-hybridized carbons (Fsp3) is 0.333. The van der Waals surface area contributed by atoms with E-state index >= 15 is 0 Å². The molecule has 4 heteroatoms. The minimum absolute atomic E-state index is 0.0949. The molecule has 1 amide bonds. The third-order valence-corrected chi connectivity index (χ3v) is 0.931. The number of aliphatic hydroxyl groups is 1. The third-order valence-electron chi connectivity index (χ3n) is 0.931. The highest BCUT2D eigenvalue weighted by atomic mass is 16.3. The van der Waals surface area contributed by atoms with E-state index in [1.54, 1.807) is 0 Å². The number of hydrogen-bond acceptors (Lipinski definition) is 3. The van der Waals surface area contributed by atoms with E-state index in [1.165, 1.54) is 6.29 Å². The predicted molar refractivity (Wildman–Crippen MR) is 34.7 cm³/mol. The lowest BCUT2D eigenvalue weighted by atomic mass is 10.2. The summed E-state index contributed by atoms with van der Waals surface area (Å²) < 4.78 is 0. The highest BCUT2D eigenvalue weighted by Crippen LogP contribution is 1.96. The lowest BCUT2D eigenvalue weighted by Gasteiger charge is -1.95. The van der Waals surface area contributed by atoms with Crippen LogP contribution in [0.4, 0.5) is 0 Å². The molecule has 0 aromatic carbocycles. The molecule has 0 unspecified atom stereocenters. The summed E-state index contributed by atoms with van der Waals surface area (Å²) in [5.74, 6) is -0.697. The Bertz CT molecular complexity index is 162. The number of primary amides is 1. The van der Waals surface area contributed by atoms with Gasteiger partial charge >= 0.3 is 0 Å². The smallest absolute Gasteiger partial charge is 0.244 e. The van der Waals surface area contributed by atoms with Crippen LogP contribution in [0.3, 0.4) is 0 Å². The van der Waals surface area contributed by atoms with E-state index in [0.29, 0.717) is 0 Å². The number of carbonyl (C=O) groups excluding carboxylic acids is 2. The van der Waals surface area contributed by atoms with Crippen molar-refractivity contribution in [3.05, 3.63) is 11.6 Å². The van der Waals surface area contributed by atoms with Crippen LogP contribution in [-0.2, 0) is 9.59 Å². The largest absolute Gasteiger partial charge is 0.396 e. The van der Waals surface area contributed by atoms with Gasteiger partial charge in [0.2, 0.25) is 12.2 Å². The molecule has 0 bridgehead atoms. The van der Waals surface area contributed by atoms with Gasteiger partial charge in [-0.1, -0.05) is 0 Å². The number of nitrogens with two attached hydrogens (primary N) is 1. The second-order valence-corrected chi connectivity index (χ2v) is 1.63. The van der Waals surface area contributed by atoms with Crippen LogP contribution in [0, 0.1) is 0 Å². The zero-order chi connectivity index (χ0) is 7.98. The van der Waals surface area contributed by atoms with Crippen LogP contribution in [0.15, 0.2) is 11.6 Å². The first-order valence-electron chi connectivity index (χ1n) is 2.69. The molecule has 3 N–H and O–H groups in total. The van der Waals surface area contributed by atoms with Crippen molar-refractivity contribution in [1.29, 1.82) is 0 Å². The van der Waals surface area contributed by atoms with Gasteiger partial charge in [0.25, 0.3) is 0 Å². The molecule has 0 saturated heterocycles. The minimum atomic E-state index is -0.697. The zero-order valence-corrected chi connectivity index (χ0v) is 5.33. The van der Waals surface area contributed by atoms with Crippen molar-refractivity contribution in [2.24, 2.45) is 5.73 Å². The zero-order valence-electron chi connectivity index (χ0n) is 5.33. The summed E-state index contributed by atoms with van der Waals surface area (Å²) in [6.07, 6.45) is 2.44. The Morgan fingerprint density at radius 1 is 1.70 bits per heavy atom. The van der Waals surface area contributed by atoms with Gasteiger partial charge in [-0.25, -0.2) is 0 Å². The third kappa shape index (κ3) is 2.99. The molecule has 0 aromatic rings. The molecule has 10 heavy (non-hydrogen) atoms. The summed E-state index contributed by atoms with van der Waals surface area (Å²) in [5.41, 5.74) is 4.91. The summed E-state index contributed by atoms with van der Waals surface area (Å²) in [7, 11) is 0. The maximum Gasteiger partial charge on any atom is 0.244 e. The van der Waals surface area contributed by atoms with Gasteiger partial charge < -0.3 is 10.8 Å². The maximum absolute atomic E-state index is 10.3. The van der Waals surface area contributed by atoms with E-state index in [1.807, 2.05) is 0 Å². The van der Waals surface area contributed by atoms with E-state index in [-0.39, 0.29) is 18.6 Å². The fourth-order valence-corrected chi connectivity index (χ4v) is 0.458. The van der Waals surface area contributed by atoms with Gasteiger partial charge in [0.05, 0.1) is 0 Å². The van der Waals surface area contributed by atoms with Crippen LogP contribution in [-0.4, -0.2) is 23.9 Å². The molecule has 0 aliphatic heterocycles. The lowest BCUT2D eigenvalue weighted by Crippen LogP contribution is -2.15. The summed E-state index contributed by atoms with van der Waals surface area (Å²) in [6.45, 7) is -0.198. The SMILES string of the molecule is NC(=O)C(=C[C]=O)CCO. The highest BCUT2D eigenvalue weighted by Gasteiger charge is 2.01. The molecule has 0 rings (SSSR count). The lowest BCUT2D eigenvalue weighted by molar-refractivity contribution is -0.114. The quantitative estimate of drug-likeness (QED) is 0.488. The van der Waals surface area contributed by atoms with E-state index in [4.69, 9.17) is 10.8 Å². The second-order valence-electron chi connectivity index (χ2n) is 1.63. The molecule has 0 saturated carbocycles. The summed E-state index contributed by atoms with van der Waals surface area (Å²) in [6, 6.07) is 0. The van der Waals surface area contributed by atoms with E-state index < -0.39 is 5.91 Å². The summed E-state index contributed by atoms with van der Waals surface area (Å²) >= 11 is 0. The molecular weight excluding hydrogens is 134 g/mol. The van der Waals surface area contributed by atoms with Crippen LogP contribution in [0.2, 0.25) is 0 Å². The minimum Gasteiger partial charge on any atom is -0.396 e. The Morgan fingerprint density at radius 3 is 2.60 bits per heavy atom. The predicted octanol–water partition coefficient (Wildman–Crippen LogP) is -1.11. The average molecular weight is 142 g/mol. The van der Waals surface area contributed by atoms with Crippen LogP contribution >= 0.6 is 0 Å². The molecule has 0 spiro atoms. The molecule has 4 nitrogen and oxygen atoms in total. The number of carbonyl (C=O) groups is 1. The van der Waals surface area contributed by atoms with Crippen molar-refractivity contribution >= 4 is 12.2 Å². The van der Waals surface area contributed by atoms with E-state index in [0.717, 1.165) is 6.08 Å². The number of hydrogen-bond donors (Lipinski definition) is 2. The Hall–Kier alpha value is -1.16. The van der Waals surface area contributed by atoms with Gasteiger partial charge in [0.15, 0.2) is 0 Å². The fourth-order valence-electron chi connectivity index (χ4n) is 0.458. The first kappa shape index (κ1) is 8.84. The van der Waals surface area contributed by atoms with Crippen molar-refractivity contribution in [2.45, 2.75) is 6.42 Å². The molecule has 0 fully saturated rings. The van der Waals surface area contributed by atoms with Crippen molar-refractivity contribution in [2.75, 3.05) is 6.61 Å². The Kier molecular flexibility index (Phi) is 4.15. The number of rotatable bonds is 4. The van der Waals surface area contributed by atoms with Crippen molar-refractivity contribution < 1.29 is 14.7 Å². The first-order valence-corrected chi connectivity index (χ1v) is 2.69. The van der Waals surface area contributed by atoms with Crippen LogP contribution in [0.5, 0.6) is 0 Å². The van der Waals surface area contributed by atoms with Gasteiger partial charge in [-0.2, -0.15) is 0 Å². The van der Waals surface area contributed by atoms with Crippen LogP contribution in [0.25, 0.3) is 0 Å². The van der Waals surface area contributed by atoms with E-state index in [9.17, 15) is 9.59 Å². The molecule has 55 valence electrons. The average Bonchev–Trinajstić information content (AvgIpc) is 1.87. The second kappa shape index (κ2) is 4.69. The van der Waals surface area contributed by atoms with Gasteiger partial charge in [-0.15, -0.1) is 0 Å². The monoisotopic (exact) mass is 142 g/mol. The Morgan fingerprint density at radius 2 is 2.30 bits per heavy atom. The molecule has 0 aliphatic rings. The van der Waals surface area contributed by atoms with Gasteiger partial charge in [0.1, 0.15) is 0 Å². The molecule has 0 heterocycles. The topological polar surface area (TPSA) is 80.4 Å². The maximum atomic E-state index is 10.3. The molecule has 1 radical (unpaired) electrons. The van der Waals surface area contributed by atoms with Crippen LogP contribution in [0.1, 0.15) is 6.42 Å². The van der Waals surface area contributed by atoms with Crippen molar-refractivity contribution in [1.82, 2.24) is 0 Å². The normalized spacial score (nSPS) is 11.1. The number of aliphatic hydroxyl groups excluding tert-OH is 1. The van der Waals surface area contributed by atoms with Gasteiger partial charge in [-0.3, -0.25) is 9.59 Å². The van der Waals surface area contributed by atoms with Gasteiger partial charge in [-0.05, 0) is 6.08 Å². The number of allylic oxidation sites excluding steroid dienone is 1. The Balaban J connectivity index is 4.11. The highest BCUT2D eigenvalue weighted by molar-refractivity contribution is 5.95. The van der Waals surface area contributed by atoms with Gasteiger partial charge in [0, 0.05) is 18.6 Å². The molecule has 0 aliphatic carbocycles. The van der Waals surface area contributed by atoms with Crippen LogP contribution < -0.4 is 5.73 Å². The van der Waals surface area contributed by atoms with Crippen molar-refractivity contribution in [3.8, 4) is 0 Å². The Labute approximate surface area is 58.3 Å². The standard InChI is InChI=1S/C6H8NO3/c7-6(10)5(1-3-8)2-4-9/h1,9H,2,4H2,(H2,7,10). The molecular formula is C6H8NO3.